The van der Waals surface area contributed by atoms with Crippen molar-refractivity contribution in [2.24, 2.45) is 0 Å². The number of aryl methyl sites for hydroxylation is 1. The van der Waals surface area contributed by atoms with E-state index in [1.165, 1.54) is 12.8 Å². The molecule has 0 spiro atoms. The van der Waals surface area contributed by atoms with Crippen LogP contribution in [0.3, 0.4) is 0 Å². The van der Waals surface area contributed by atoms with Crippen LogP contribution in [-0.4, -0.2) is 41.4 Å². The summed E-state index contributed by atoms with van der Waals surface area (Å²) in [5, 5.41) is 7.81. The summed E-state index contributed by atoms with van der Waals surface area (Å²) >= 11 is 0. The molecule has 1 saturated heterocycles. The van der Waals surface area contributed by atoms with Crippen LogP contribution in [0.5, 0.6) is 0 Å². The van der Waals surface area contributed by atoms with Crippen LogP contribution < -0.4 is 0 Å². The largest absolute Gasteiger partial charge is 0.424 e. The van der Waals surface area contributed by atoms with Gasteiger partial charge in [-0.3, -0.25) is 4.90 Å². The molecule has 1 aliphatic heterocycles. The second-order valence-corrected chi connectivity index (χ2v) is 4.73. The molecule has 2 rings (SSSR count). The molecule has 5 nitrogen and oxygen atoms in total. The average Bonchev–Trinajstić information content (AvgIpc) is 2.90. The van der Waals surface area contributed by atoms with Gasteiger partial charge in [-0.25, -0.2) is 0 Å². The SMILES string of the molecule is Cc1nnc(CN(C)CCC[C@@H]2CCCO2)o1. The van der Waals surface area contributed by atoms with Crippen LogP contribution in [-0.2, 0) is 11.3 Å². The molecular weight excluding hydrogens is 218 g/mol. The maximum atomic E-state index is 5.60. The molecule has 0 radical (unpaired) electrons. The first-order valence-electron chi connectivity index (χ1n) is 6.33. The standard InChI is InChI=1S/C12H21N3O2/c1-10-13-14-12(17-10)9-15(2)7-3-5-11-6-4-8-16-11/h11H,3-9H2,1-2H3/t11-/m1/s1. The van der Waals surface area contributed by atoms with Crippen LogP contribution in [0.4, 0.5) is 0 Å². The number of aromatic nitrogens is 2. The van der Waals surface area contributed by atoms with Crippen LogP contribution in [0.2, 0.25) is 0 Å². The van der Waals surface area contributed by atoms with Gasteiger partial charge in [0, 0.05) is 13.5 Å². The van der Waals surface area contributed by atoms with Gasteiger partial charge in [0.15, 0.2) is 0 Å². The van der Waals surface area contributed by atoms with Crippen molar-refractivity contribution in [3.8, 4) is 0 Å². The predicted molar refractivity (Wildman–Crippen MR) is 63.6 cm³/mol. The molecule has 0 aliphatic carbocycles. The zero-order valence-corrected chi connectivity index (χ0v) is 10.7. The number of hydrogen-bond donors (Lipinski definition) is 0. The van der Waals surface area contributed by atoms with Gasteiger partial charge < -0.3 is 9.15 Å². The highest BCUT2D eigenvalue weighted by molar-refractivity contribution is 4.78. The normalized spacial score (nSPS) is 20.3. The Morgan fingerprint density at radius 1 is 1.41 bits per heavy atom. The minimum Gasteiger partial charge on any atom is -0.424 e. The van der Waals surface area contributed by atoms with Crippen molar-refractivity contribution in [3.63, 3.8) is 0 Å². The summed E-state index contributed by atoms with van der Waals surface area (Å²) in [6.07, 6.45) is 5.27. The lowest BCUT2D eigenvalue weighted by Gasteiger charge is -2.15. The number of hydrogen-bond acceptors (Lipinski definition) is 5. The summed E-state index contributed by atoms with van der Waals surface area (Å²) in [6, 6.07) is 0. The van der Waals surface area contributed by atoms with Crippen molar-refractivity contribution in [1.29, 1.82) is 0 Å². The fourth-order valence-electron chi connectivity index (χ4n) is 2.17. The molecule has 1 atom stereocenters. The molecule has 0 amide bonds. The fraction of sp³-hybridized carbons (Fsp3) is 0.833. The Labute approximate surface area is 102 Å². The third kappa shape index (κ3) is 4.09. The van der Waals surface area contributed by atoms with E-state index in [1.54, 1.807) is 0 Å². The summed E-state index contributed by atoms with van der Waals surface area (Å²) in [6.45, 7) is 4.53. The lowest BCUT2D eigenvalue weighted by atomic mass is 10.1. The summed E-state index contributed by atoms with van der Waals surface area (Å²) in [5.41, 5.74) is 0. The molecule has 0 bridgehead atoms. The zero-order chi connectivity index (χ0) is 12.1. The van der Waals surface area contributed by atoms with E-state index in [2.05, 4.69) is 22.1 Å². The van der Waals surface area contributed by atoms with E-state index < -0.39 is 0 Å². The van der Waals surface area contributed by atoms with Crippen molar-refractivity contribution in [1.82, 2.24) is 15.1 Å². The van der Waals surface area contributed by atoms with E-state index in [0.29, 0.717) is 17.9 Å². The van der Waals surface area contributed by atoms with Crippen LogP contribution in [0.15, 0.2) is 4.42 Å². The molecular formula is C12H21N3O2. The molecule has 1 aromatic heterocycles. The lowest BCUT2D eigenvalue weighted by Crippen LogP contribution is -2.20. The van der Waals surface area contributed by atoms with E-state index >= 15 is 0 Å². The van der Waals surface area contributed by atoms with Gasteiger partial charge in [0.05, 0.1) is 12.6 Å². The van der Waals surface area contributed by atoms with E-state index in [9.17, 15) is 0 Å². The number of ether oxygens (including phenoxy) is 1. The molecule has 1 aliphatic rings. The minimum atomic E-state index is 0.494. The number of nitrogens with zero attached hydrogens (tertiary/aromatic N) is 3. The van der Waals surface area contributed by atoms with E-state index in [0.717, 1.165) is 32.5 Å². The zero-order valence-electron chi connectivity index (χ0n) is 10.7. The average molecular weight is 239 g/mol. The summed E-state index contributed by atoms with van der Waals surface area (Å²) in [4.78, 5) is 2.21. The highest BCUT2D eigenvalue weighted by Gasteiger charge is 2.15. The second kappa shape index (κ2) is 6.12. The van der Waals surface area contributed by atoms with Crippen LogP contribution in [0, 0.1) is 6.92 Å². The predicted octanol–water partition coefficient (Wildman–Crippen LogP) is 1.77. The first kappa shape index (κ1) is 12.5. The van der Waals surface area contributed by atoms with Gasteiger partial charge in [-0.2, -0.15) is 0 Å². The summed E-state index contributed by atoms with van der Waals surface area (Å²) < 4.78 is 10.9. The molecule has 0 saturated carbocycles. The third-order valence-corrected chi connectivity index (χ3v) is 3.06. The molecule has 5 heteroatoms. The number of rotatable bonds is 6. The Morgan fingerprint density at radius 3 is 2.94 bits per heavy atom. The molecule has 0 aromatic carbocycles. The van der Waals surface area contributed by atoms with E-state index in [4.69, 9.17) is 9.15 Å². The first-order valence-corrected chi connectivity index (χ1v) is 6.33. The van der Waals surface area contributed by atoms with Gasteiger partial charge in [-0.05, 0) is 39.3 Å². The summed E-state index contributed by atoms with van der Waals surface area (Å²) in [5.74, 6) is 1.33. The van der Waals surface area contributed by atoms with Gasteiger partial charge in [0.25, 0.3) is 0 Å². The van der Waals surface area contributed by atoms with Gasteiger partial charge in [-0.1, -0.05) is 0 Å². The van der Waals surface area contributed by atoms with E-state index in [-0.39, 0.29) is 0 Å². The molecule has 96 valence electrons. The maximum Gasteiger partial charge on any atom is 0.230 e. The van der Waals surface area contributed by atoms with Crippen molar-refractivity contribution >= 4 is 0 Å². The quantitative estimate of drug-likeness (QED) is 0.757. The maximum absolute atomic E-state index is 5.60. The van der Waals surface area contributed by atoms with Gasteiger partial charge in [-0.15, -0.1) is 10.2 Å². The Balaban J connectivity index is 1.61. The molecule has 17 heavy (non-hydrogen) atoms. The molecule has 2 heterocycles. The molecule has 1 fully saturated rings. The second-order valence-electron chi connectivity index (χ2n) is 4.73. The fourth-order valence-corrected chi connectivity index (χ4v) is 2.17. The van der Waals surface area contributed by atoms with Crippen LogP contribution in [0.1, 0.15) is 37.5 Å². The van der Waals surface area contributed by atoms with Crippen molar-refractivity contribution in [2.45, 2.75) is 45.3 Å². The monoisotopic (exact) mass is 239 g/mol. The molecule has 0 unspecified atom stereocenters. The minimum absolute atomic E-state index is 0.494. The molecule has 0 N–H and O–H groups in total. The van der Waals surface area contributed by atoms with Crippen molar-refractivity contribution < 1.29 is 9.15 Å². The Kier molecular flexibility index (Phi) is 4.50. The Morgan fingerprint density at radius 2 is 2.29 bits per heavy atom. The van der Waals surface area contributed by atoms with Gasteiger partial charge in [0.2, 0.25) is 11.8 Å². The van der Waals surface area contributed by atoms with Crippen molar-refractivity contribution in [2.75, 3.05) is 20.2 Å². The Hall–Kier alpha value is -0.940. The Bertz CT molecular complexity index is 334. The van der Waals surface area contributed by atoms with Gasteiger partial charge >= 0.3 is 0 Å². The van der Waals surface area contributed by atoms with Crippen molar-refractivity contribution in [3.05, 3.63) is 11.8 Å². The lowest BCUT2D eigenvalue weighted by molar-refractivity contribution is 0.0992. The third-order valence-electron chi connectivity index (χ3n) is 3.06. The first-order chi connectivity index (χ1) is 8.24. The van der Waals surface area contributed by atoms with Crippen LogP contribution in [0.25, 0.3) is 0 Å². The molecule has 1 aromatic rings. The van der Waals surface area contributed by atoms with E-state index in [1.807, 2.05) is 6.92 Å². The smallest absolute Gasteiger partial charge is 0.230 e. The highest BCUT2D eigenvalue weighted by Crippen LogP contribution is 2.16. The summed E-state index contributed by atoms with van der Waals surface area (Å²) in [7, 11) is 2.08. The van der Waals surface area contributed by atoms with Crippen LogP contribution >= 0.6 is 0 Å². The highest BCUT2D eigenvalue weighted by atomic mass is 16.5. The topological polar surface area (TPSA) is 51.4 Å². The van der Waals surface area contributed by atoms with Gasteiger partial charge in [0.1, 0.15) is 0 Å².